The first-order chi connectivity index (χ1) is 9.61. The molecular formula is C13H17ClN2O4. The summed E-state index contributed by atoms with van der Waals surface area (Å²) in [7, 11) is 0. The molecule has 0 spiro atoms. The zero-order valence-electron chi connectivity index (χ0n) is 11.4. The van der Waals surface area contributed by atoms with Gasteiger partial charge in [0, 0.05) is 24.6 Å². The summed E-state index contributed by atoms with van der Waals surface area (Å²) in [5, 5.41) is 0. The lowest BCUT2D eigenvalue weighted by Gasteiger charge is -2.23. The predicted molar refractivity (Wildman–Crippen MR) is 73.2 cm³/mol. The maximum Gasteiger partial charge on any atom is 0.332 e. The molecular weight excluding hydrogens is 284 g/mol. The van der Waals surface area contributed by atoms with Crippen molar-refractivity contribution in [3.8, 4) is 0 Å². The third-order valence-electron chi connectivity index (χ3n) is 2.39. The number of halogens is 1. The van der Waals surface area contributed by atoms with Gasteiger partial charge in [0.05, 0.1) is 13.2 Å². The van der Waals surface area contributed by atoms with Crippen LogP contribution in [-0.4, -0.2) is 47.1 Å². The summed E-state index contributed by atoms with van der Waals surface area (Å²) in [6.07, 6.45) is 1.47. The Labute approximate surface area is 122 Å². The third kappa shape index (κ3) is 4.47. The van der Waals surface area contributed by atoms with E-state index in [4.69, 9.17) is 21.3 Å². The van der Waals surface area contributed by atoms with Crippen molar-refractivity contribution < 1.29 is 19.1 Å². The summed E-state index contributed by atoms with van der Waals surface area (Å²) in [6, 6.07) is 3.84. The van der Waals surface area contributed by atoms with Crippen LogP contribution in [-0.2, 0) is 14.3 Å². The molecule has 0 fully saturated rings. The molecule has 6 nitrogen and oxygen atoms in total. The van der Waals surface area contributed by atoms with E-state index in [0.717, 1.165) is 4.42 Å². The second kappa shape index (κ2) is 8.50. The smallest absolute Gasteiger partial charge is 0.332 e. The Kier molecular flexibility index (Phi) is 6.97. The van der Waals surface area contributed by atoms with Crippen molar-refractivity contribution in [2.45, 2.75) is 19.9 Å². The Balaban J connectivity index is 2.83. The monoisotopic (exact) mass is 300 g/mol. The van der Waals surface area contributed by atoms with E-state index in [2.05, 4.69) is 4.98 Å². The molecule has 110 valence electrons. The minimum Gasteiger partial charge on any atom is -0.464 e. The third-order valence-corrected chi connectivity index (χ3v) is 2.78. The Morgan fingerprint density at radius 2 is 2.10 bits per heavy atom. The Morgan fingerprint density at radius 1 is 1.35 bits per heavy atom. The Bertz CT molecular complexity index is 441. The molecule has 1 rings (SSSR count). The van der Waals surface area contributed by atoms with Gasteiger partial charge in [-0.05, 0) is 26.0 Å². The van der Waals surface area contributed by atoms with E-state index in [9.17, 15) is 9.59 Å². The van der Waals surface area contributed by atoms with Crippen LogP contribution < -0.4 is 0 Å². The largest absolute Gasteiger partial charge is 0.464 e. The fourth-order valence-electron chi connectivity index (χ4n) is 1.43. The van der Waals surface area contributed by atoms with Crippen LogP contribution in [0, 0.1) is 0 Å². The lowest BCUT2D eigenvalue weighted by Crippen LogP contribution is -2.43. The van der Waals surface area contributed by atoms with Crippen LogP contribution in [0.1, 0.15) is 24.3 Å². The molecule has 1 aromatic heterocycles. The number of pyridine rings is 1. The van der Waals surface area contributed by atoms with Gasteiger partial charge in [0.15, 0.2) is 6.04 Å². The molecule has 1 amide bonds. The number of aromatic nitrogens is 1. The topological polar surface area (TPSA) is 68.7 Å². The quantitative estimate of drug-likeness (QED) is 0.566. The van der Waals surface area contributed by atoms with Crippen molar-refractivity contribution in [3.63, 3.8) is 0 Å². The Hall–Kier alpha value is -1.66. The van der Waals surface area contributed by atoms with Crippen LogP contribution in [0.25, 0.3) is 0 Å². The molecule has 0 radical (unpaired) electrons. The highest BCUT2D eigenvalue weighted by atomic mass is 35.5. The lowest BCUT2D eigenvalue weighted by molar-refractivity contribution is -0.149. The number of hydrogen-bond acceptors (Lipinski definition) is 5. The molecule has 1 heterocycles. The molecule has 0 saturated heterocycles. The average molecular weight is 301 g/mol. The van der Waals surface area contributed by atoms with Gasteiger partial charge in [-0.25, -0.2) is 9.21 Å². The molecule has 1 unspecified atom stereocenters. The predicted octanol–water partition coefficient (Wildman–Crippen LogP) is 1.65. The number of carbonyl (C=O) groups excluding carboxylic acids is 2. The standard InChI is InChI=1S/C13H17ClN2O4/c1-3-19-9-11(13(18)20-4-2)16(14)12(17)10-7-5-6-8-15-10/h5-8,11H,3-4,9H2,1-2H3. The SMILES string of the molecule is CCOCC(C(=O)OCC)N(Cl)C(=O)c1ccccn1. The van der Waals surface area contributed by atoms with Crippen molar-refractivity contribution >= 4 is 23.7 Å². The molecule has 0 aliphatic rings. The van der Waals surface area contributed by atoms with Crippen molar-refractivity contribution in [1.29, 1.82) is 0 Å². The van der Waals surface area contributed by atoms with Crippen LogP contribution in [0.5, 0.6) is 0 Å². The molecule has 0 saturated carbocycles. The maximum atomic E-state index is 12.1. The van der Waals surface area contributed by atoms with E-state index < -0.39 is 17.9 Å². The van der Waals surface area contributed by atoms with Crippen molar-refractivity contribution in [3.05, 3.63) is 30.1 Å². The summed E-state index contributed by atoms with van der Waals surface area (Å²) < 4.78 is 10.8. The normalized spacial score (nSPS) is 11.8. The van der Waals surface area contributed by atoms with E-state index >= 15 is 0 Å². The summed E-state index contributed by atoms with van der Waals surface area (Å²) in [6.45, 7) is 4.02. The molecule has 0 bridgehead atoms. The van der Waals surface area contributed by atoms with Gasteiger partial charge in [0.25, 0.3) is 5.91 Å². The van der Waals surface area contributed by atoms with Gasteiger partial charge in [-0.3, -0.25) is 9.78 Å². The van der Waals surface area contributed by atoms with E-state index in [0.29, 0.717) is 6.61 Å². The summed E-state index contributed by atoms with van der Waals surface area (Å²) in [5.41, 5.74) is 0.147. The second-order valence-electron chi connectivity index (χ2n) is 3.76. The first-order valence-corrected chi connectivity index (χ1v) is 6.60. The van der Waals surface area contributed by atoms with Crippen molar-refractivity contribution in [2.75, 3.05) is 19.8 Å². The molecule has 0 aliphatic heterocycles. The number of amides is 1. The molecule has 1 aromatic rings. The zero-order valence-corrected chi connectivity index (χ0v) is 12.2. The summed E-state index contributed by atoms with van der Waals surface area (Å²) in [4.78, 5) is 27.9. The molecule has 0 aromatic carbocycles. The highest BCUT2D eigenvalue weighted by Gasteiger charge is 2.31. The van der Waals surface area contributed by atoms with Crippen molar-refractivity contribution in [2.24, 2.45) is 0 Å². The zero-order chi connectivity index (χ0) is 15.0. The number of carbonyl (C=O) groups is 2. The van der Waals surface area contributed by atoms with E-state index in [-0.39, 0.29) is 18.9 Å². The highest BCUT2D eigenvalue weighted by molar-refractivity contribution is 6.25. The van der Waals surface area contributed by atoms with Gasteiger partial charge in [-0.15, -0.1) is 0 Å². The van der Waals surface area contributed by atoms with Gasteiger partial charge < -0.3 is 9.47 Å². The average Bonchev–Trinajstić information content (AvgIpc) is 2.48. The number of hydrogen-bond donors (Lipinski definition) is 0. The summed E-state index contributed by atoms with van der Waals surface area (Å²) >= 11 is 5.96. The minimum absolute atomic E-state index is 0.0304. The van der Waals surface area contributed by atoms with Crippen LogP contribution in [0.2, 0.25) is 0 Å². The minimum atomic E-state index is -1.01. The van der Waals surface area contributed by atoms with Gasteiger partial charge >= 0.3 is 5.97 Å². The number of ether oxygens (including phenoxy) is 2. The maximum absolute atomic E-state index is 12.1. The van der Waals surface area contributed by atoms with Gasteiger partial charge in [0.2, 0.25) is 0 Å². The molecule has 0 aliphatic carbocycles. The van der Waals surface area contributed by atoms with Gasteiger partial charge in [0.1, 0.15) is 5.69 Å². The highest BCUT2D eigenvalue weighted by Crippen LogP contribution is 2.12. The Morgan fingerprint density at radius 3 is 2.65 bits per heavy atom. The van der Waals surface area contributed by atoms with E-state index in [1.54, 1.807) is 26.0 Å². The number of esters is 1. The molecule has 0 N–H and O–H groups in total. The lowest BCUT2D eigenvalue weighted by atomic mass is 10.2. The summed E-state index contributed by atoms with van der Waals surface area (Å²) in [5.74, 6) is -1.19. The number of nitrogens with zero attached hydrogens (tertiary/aromatic N) is 2. The fraction of sp³-hybridized carbons (Fsp3) is 0.462. The van der Waals surface area contributed by atoms with Crippen LogP contribution in [0.15, 0.2) is 24.4 Å². The molecule has 20 heavy (non-hydrogen) atoms. The molecule has 7 heteroatoms. The first kappa shape index (κ1) is 16.4. The van der Waals surface area contributed by atoms with Gasteiger partial charge in [-0.1, -0.05) is 6.07 Å². The number of rotatable bonds is 7. The van der Waals surface area contributed by atoms with Crippen LogP contribution in [0.3, 0.4) is 0 Å². The van der Waals surface area contributed by atoms with E-state index in [1.807, 2.05) is 0 Å². The van der Waals surface area contributed by atoms with Crippen LogP contribution in [0.4, 0.5) is 0 Å². The van der Waals surface area contributed by atoms with Gasteiger partial charge in [-0.2, -0.15) is 0 Å². The first-order valence-electron chi connectivity index (χ1n) is 6.26. The molecule has 1 atom stereocenters. The van der Waals surface area contributed by atoms with Crippen molar-refractivity contribution in [1.82, 2.24) is 9.40 Å². The second-order valence-corrected chi connectivity index (χ2v) is 4.12. The van der Waals surface area contributed by atoms with E-state index in [1.165, 1.54) is 12.3 Å². The van der Waals surface area contributed by atoms with Crippen LogP contribution >= 0.6 is 11.8 Å². The fourth-order valence-corrected chi connectivity index (χ4v) is 1.66.